The van der Waals surface area contributed by atoms with E-state index in [2.05, 4.69) is 5.32 Å². The van der Waals surface area contributed by atoms with E-state index in [9.17, 15) is 9.59 Å². The Morgan fingerprint density at radius 1 is 1.44 bits per heavy atom. The van der Waals surface area contributed by atoms with Crippen LogP contribution in [0.4, 0.5) is 11.4 Å². The van der Waals surface area contributed by atoms with Crippen molar-refractivity contribution in [2.24, 2.45) is 0 Å². The van der Waals surface area contributed by atoms with Crippen LogP contribution in [0.5, 0.6) is 0 Å². The van der Waals surface area contributed by atoms with Crippen LogP contribution in [0.1, 0.15) is 12.8 Å². The Hall–Kier alpha value is -1.88. The van der Waals surface area contributed by atoms with Crippen molar-refractivity contribution in [3.8, 4) is 0 Å². The number of nitrogens with one attached hydrogen (secondary N) is 1. The highest BCUT2D eigenvalue weighted by Gasteiger charge is 2.25. The lowest BCUT2D eigenvalue weighted by Crippen LogP contribution is -2.42. The number of hydrogen-bond donors (Lipinski definition) is 1. The topological polar surface area (TPSA) is 58.6 Å². The van der Waals surface area contributed by atoms with Crippen LogP contribution < -0.4 is 10.2 Å². The summed E-state index contributed by atoms with van der Waals surface area (Å²) in [5, 5.41) is 2.75. The monoisotopic (exact) mass is 248 g/mol. The molecule has 0 aromatic heterocycles. The maximum Gasteiger partial charge on any atom is 0.244 e. The van der Waals surface area contributed by atoms with E-state index in [1.807, 2.05) is 18.2 Å². The smallest absolute Gasteiger partial charge is 0.244 e. The fourth-order valence-corrected chi connectivity index (χ4v) is 1.96. The molecule has 1 aliphatic heterocycles. The molecule has 1 heterocycles. The average Bonchev–Trinajstić information content (AvgIpc) is 2.38. The van der Waals surface area contributed by atoms with Gasteiger partial charge in [-0.15, -0.1) is 0 Å². The minimum Gasteiger partial charge on any atom is -0.385 e. The van der Waals surface area contributed by atoms with E-state index in [0.717, 1.165) is 5.69 Å². The van der Waals surface area contributed by atoms with Crippen molar-refractivity contribution in [2.45, 2.75) is 12.8 Å². The molecular formula is C13H16N2O3. The van der Waals surface area contributed by atoms with Crippen molar-refractivity contribution in [3.05, 3.63) is 24.3 Å². The van der Waals surface area contributed by atoms with Gasteiger partial charge < -0.3 is 15.0 Å². The number of ether oxygens (including phenoxy) is 1. The molecule has 2 rings (SSSR count). The third-order valence-corrected chi connectivity index (χ3v) is 2.81. The summed E-state index contributed by atoms with van der Waals surface area (Å²) < 4.78 is 4.92. The van der Waals surface area contributed by atoms with Crippen molar-refractivity contribution in [1.29, 1.82) is 0 Å². The Balaban J connectivity index is 2.13. The molecule has 96 valence electrons. The number of amides is 2. The molecule has 1 N–H and O–H groups in total. The van der Waals surface area contributed by atoms with E-state index in [-0.39, 0.29) is 18.4 Å². The molecule has 1 aromatic carbocycles. The predicted octanol–water partition coefficient (Wildman–Crippen LogP) is 1.40. The number of methoxy groups -OCH3 is 1. The quantitative estimate of drug-likeness (QED) is 0.819. The molecule has 5 heteroatoms. The fraction of sp³-hybridized carbons (Fsp3) is 0.385. The van der Waals surface area contributed by atoms with Gasteiger partial charge in [0.2, 0.25) is 11.8 Å². The second kappa shape index (κ2) is 5.64. The van der Waals surface area contributed by atoms with Gasteiger partial charge in [-0.2, -0.15) is 0 Å². The number of para-hydroxylation sites is 2. The van der Waals surface area contributed by atoms with Crippen LogP contribution in [0.25, 0.3) is 0 Å². The third-order valence-electron chi connectivity index (χ3n) is 2.81. The first-order chi connectivity index (χ1) is 8.72. The Kier molecular flexibility index (Phi) is 3.94. The molecule has 0 radical (unpaired) electrons. The van der Waals surface area contributed by atoms with Crippen LogP contribution in [-0.4, -0.2) is 32.1 Å². The molecule has 0 saturated heterocycles. The summed E-state index contributed by atoms with van der Waals surface area (Å²) in [7, 11) is 1.61. The standard InChI is InChI=1S/C13H16N2O3/c1-18-8-4-7-13(17)15-9-12(16)14-10-5-2-3-6-11(10)15/h2-3,5-6H,4,7-9H2,1H3,(H,14,16). The van der Waals surface area contributed by atoms with Crippen LogP contribution >= 0.6 is 0 Å². The van der Waals surface area contributed by atoms with Gasteiger partial charge in [0.1, 0.15) is 6.54 Å². The van der Waals surface area contributed by atoms with Crippen LogP contribution in [0.3, 0.4) is 0 Å². The number of anilines is 2. The van der Waals surface area contributed by atoms with E-state index in [1.165, 1.54) is 4.90 Å². The van der Waals surface area contributed by atoms with Crippen molar-refractivity contribution < 1.29 is 14.3 Å². The second-order valence-electron chi connectivity index (χ2n) is 4.14. The third kappa shape index (κ3) is 2.68. The van der Waals surface area contributed by atoms with Crippen molar-refractivity contribution >= 4 is 23.2 Å². The zero-order valence-corrected chi connectivity index (χ0v) is 10.3. The van der Waals surface area contributed by atoms with Gasteiger partial charge >= 0.3 is 0 Å². The minimum atomic E-state index is -0.159. The number of hydrogen-bond acceptors (Lipinski definition) is 3. The second-order valence-corrected chi connectivity index (χ2v) is 4.14. The molecule has 0 aliphatic carbocycles. The SMILES string of the molecule is COCCCC(=O)N1CC(=O)Nc2ccccc21. The fourth-order valence-electron chi connectivity index (χ4n) is 1.96. The van der Waals surface area contributed by atoms with Crippen LogP contribution in [-0.2, 0) is 14.3 Å². The lowest BCUT2D eigenvalue weighted by atomic mass is 10.1. The number of benzene rings is 1. The molecular weight excluding hydrogens is 232 g/mol. The predicted molar refractivity (Wildman–Crippen MR) is 68.5 cm³/mol. The number of carbonyl (C=O) groups is 2. The lowest BCUT2D eigenvalue weighted by molar-refractivity contribution is -0.122. The molecule has 0 fully saturated rings. The van der Waals surface area contributed by atoms with Crippen molar-refractivity contribution in [3.63, 3.8) is 0 Å². The van der Waals surface area contributed by atoms with Crippen molar-refractivity contribution in [2.75, 3.05) is 30.5 Å². The van der Waals surface area contributed by atoms with Crippen LogP contribution in [0.15, 0.2) is 24.3 Å². The first-order valence-corrected chi connectivity index (χ1v) is 5.90. The Bertz CT molecular complexity index is 459. The first kappa shape index (κ1) is 12.6. The highest BCUT2D eigenvalue weighted by atomic mass is 16.5. The summed E-state index contributed by atoms with van der Waals surface area (Å²) in [5.74, 6) is -0.205. The number of carbonyl (C=O) groups excluding carboxylic acids is 2. The molecule has 0 atom stereocenters. The van der Waals surface area contributed by atoms with Crippen LogP contribution in [0.2, 0.25) is 0 Å². The summed E-state index contributed by atoms with van der Waals surface area (Å²) in [6.45, 7) is 0.635. The van der Waals surface area contributed by atoms with E-state index in [0.29, 0.717) is 25.1 Å². The zero-order chi connectivity index (χ0) is 13.0. The van der Waals surface area contributed by atoms with E-state index in [4.69, 9.17) is 4.74 Å². The first-order valence-electron chi connectivity index (χ1n) is 5.90. The maximum absolute atomic E-state index is 12.1. The van der Waals surface area contributed by atoms with Gasteiger partial charge in [0, 0.05) is 20.1 Å². The molecule has 18 heavy (non-hydrogen) atoms. The maximum atomic E-state index is 12.1. The number of fused-ring (bicyclic) bond motifs is 1. The summed E-state index contributed by atoms with van der Waals surface area (Å²) in [6, 6.07) is 7.31. The van der Waals surface area contributed by atoms with Gasteiger partial charge in [0.05, 0.1) is 11.4 Å². The molecule has 2 amide bonds. The molecule has 0 spiro atoms. The summed E-state index contributed by atoms with van der Waals surface area (Å²) in [6.07, 6.45) is 1.05. The van der Waals surface area contributed by atoms with Crippen molar-refractivity contribution in [1.82, 2.24) is 0 Å². The van der Waals surface area contributed by atoms with Gasteiger partial charge in [-0.25, -0.2) is 0 Å². The number of rotatable bonds is 4. The van der Waals surface area contributed by atoms with Gasteiger partial charge in [-0.1, -0.05) is 12.1 Å². The highest BCUT2D eigenvalue weighted by molar-refractivity contribution is 6.09. The molecule has 0 unspecified atom stereocenters. The van der Waals surface area contributed by atoms with Gasteiger partial charge in [-0.3, -0.25) is 9.59 Å². The largest absolute Gasteiger partial charge is 0.385 e. The summed E-state index contributed by atoms with van der Waals surface area (Å²) >= 11 is 0. The Labute approximate surface area is 106 Å². The van der Waals surface area contributed by atoms with Gasteiger partial charge in [0.25, 0.3) is 0 Å². The number of nitrogens with zero attached hydrogens (tertiary/aromatic N) is 1. The average molecular weight is 248 g/mol. The molecule has 0 saturated carbocycles. The lowest BCUT2D eigenvalue weighted by Gasteiger charge is -2.29. The van der Waals surface area contributed by atoms with Crippen LogP contribution in [0, 0.1) is 0 Å². The Morgan fingerprint density at radius 2 is 2.22 bits per heavy atom. The van der Waals surface area contributed by atoms with E-state index >= 15 is 0 Å². The van der Waals surface area contributed by atoms with E-state index in [1.54, 1.807) is 13.2 Å². The normalized spacial score (nSPS) is 14.1. The Morgan fingerprint density at radius 3 is 3.00 bits per heavy atom. The summed E-state index contributed by atoms with van der Waals surface area (Å²) in [4.78, 5) is 25.1. The molecule has 0 bridgehead atoms. The van der Waals surface area contributed by atoms with Gasteiger partial charge in [0.15, 0.2) is 0 Å². The minimum absolute atomic E-state index is 0.0469. The molecule has 1 aromatic rings. The highest BCUT2D eigenvalue weighted by Crippen LogP contribution is 2.29. The van der Waals surface area contributed by atoms with E-state index < -0.39 is 0 Å². The molecule has 5 nitrogen and oxygen atoms in total. The zero-order valence-electron chi connectivity index (χ0n) is 10.3. The summed E-state index contributed by atoms with van der Waals surface area (Å²) in [5.41, 5.74) is 1.45. The van der Waals surface area contributed by atoms with Gasteiger partial charge in [-0.05, 0) is 18.6 Å². The molecule has 1 aliphatic rings.